The van der Waals surface area contributed by atoms with Gasteiger partial charge in [0, 0.05) is 5.75 Å². The summed E-state index contributed by atoms with van der Waals surface area (Å²) in [5.74, 6) is 3.63. The van der Waals surface area contributed by atoms with Crippen molar-refractivity contribution in [3.8, 4) is 0 Å². The van der Waals surface area contributed by atoms with Gasteiger partial charge in [-0.25, -0.2) is 4.79 Å². The molecule has 0 aliphatic heterocycles. The van der Waals surface area contributed by atoms with Crippen LogP contribution < -0.4 is 0 Å². The van der Waals surface area contributed by atoms with E-state index in [1.54, 1.807) is 23.5 Å². The highest BCUT2D eigenvalue weighted by Gasteiger charge is 2.22. The number of aryl methyl sites for hydroxylation is 3. The zero-order valence-electron chi connectivity index (χ0n) is 21.0. The van der Waals surface area contributed by atoms with Gasteiger partial charge < -0.3 is 4.74 Å². The van der Waals surface area contributed by atoms with Gasteiger partial charge in [-0.3, -0.25) is 0 Å². The number of ether oxygens (including phenoxy) is 1. The first kappa shape index (κ1) is 28.7. The first-order valence-electron chi connectivity index (χ1n) is 12.8. The number of benzene rings is 3. The molecule has 36 heavy (non-hydrogen) atoms. The van der Waals surface area contributed by atoms with E-state index in [0.29, 0.717) is 6.61 Å². The van der Waals surface area contributed by atoms with E-state index in [2.05, 4.69) is 78.9 Å². The third-order valence-electron chi connectivity index (χ3n) is 5.63. The minimum Gasteiger partial charge on any atom is -0.463 e. The second-order valence-corrected chi connectivity index (χ2v) is 12.2. The summed E-state index contributed by atoms with van der Waals surface area (Å²) in [6.07, 6.45) is 6.56. The van der Waals surface area contributed by atoms with Crippen LogP contribution in [0.25, 0.3) is 0 Å². The Morgan fingerprint density at radius 2 is 1.08 bits per heavy atom. The lowest BCUT2D eigenvalue weighted by Gasteiger charge is -2.14. The smallest absolute Gasteiger partial charge is 0.335 e. The van der Waals surface area contributed by atoms with E-state index in [9.17, 15) is 4.79 Å². The van der Waals surface area contributed by atoms with Gasteiger partial charge in [0.05, 0.1) is 0 Å². The first-order valence-corrected chi connectivity index (χ1v) is 15.9. The molecule has 1 radical (unpaired) electrons. The highest BCUT2D eigenvalue weighted by molar-refractivity contribution is 8.21. The van der Waals surface area contributed by atoms with E-state index >= 15 is 0 Å². The van der Waals surface area contributed by atoms with Crippen LogP contribution in [0.2, 0.25) is 0 Å². The number of hydrogen-bond acceptors (Lipinski definition) is 5. The summed E-state index contributed by atoms with van der Waals surface area (Å²) >= 11 is 5.17. The van der Waals surface area contributed by atoms with Gasteiger partial charge in [-0.05, 0) is 72.5 Å². The fraction of sp³-hybridized carbons (Fsp3) is 0.355. The molecule has 0 amide bonds. The molecule has 0 spiro atoms. The molecule has 0 bridgehead atoms. The summed E-state index contributed by atoms with van der Waals surface area (Å²) < 4.78 is 6.46. The zero-order chi connectivity index (χ0) is 25.1. The number of thioether (sulfide) groups is 3. The molecule has 3 aromatic rings. The molecule has 0 aliphatic carbocycles. The van der Waals surface area contributed by atoms with Crippen molar-refractivity contribution >= 4 is 41.3 Å². The molecule has 0 atom stereocenters. The molecular formula is C31H37O2S3. The Balaban J connectivity index is 1.32. The molecule has 0 N–H and O–H groups in total. The summed E-state index contributed by atoms with van der Waals surface area (Å²) in [6.45, 7) is 0.482. The molecule has 191 valence electrons. The topological polar surface area (TPSA) is 26.3 Å². The monoisotopic (exact) mass is 537 g/mol. The van der Waals surface area contributed by atoms with Crippen LogP contribution in [0.4, 0.5) is 0 Å². The van der Waals surface area contributed by atoms with Gasteiger partial charge in [0.1, 0.15) is 6.61 Å². The van der Waals surface area contributed by atoms with Crippen LogP contribution in [0.3, 0.4) is 0 Å². The molecule has 3 rings (SSSR count). The van der Waals surface area contributed by atoms with Crippen molar-refractivity contribution in [1.29, 1.82) is 0 Å². The number of carbonyl (C=O) groups excluding carboxylic acids is 1. The highest BCUT2D eigenvalue weighted by Crippen LogP contribution is 2.34. The SMILES string of the molecule is O=C(OCCSCCCCc1ccccc1)[C](SCCCc1ccccc1)SCCc1ccccc1. The fourth-order valence-corrected chi connectivity index (χ4v) is 6.68. The second kappa shape index (κ2) is 18.4. The van der Waals surface area contributed by atoms with E-state index in [0.717, 1.165) is 53.3 Å². The summed E-state index contributed by atoms with van der Waals surface area (Å²) in [6, 6.07) is 31.6. The second-order valence-electron chi connectivity index (χ2n) is 8.50. The molecule has 2 nitrogen and oxygen atoms in total. The summed E-state index contributed by atoms with van der Waals surface area (Å²) in [5.41, 5.74) is 4.06. The summed E-state index contributed by atoms with van der Waals surface area (Å²) in [7, 11) is 0. The lowest BCUT2D eigenvalue weighted by atomic mass is 10.1. The first-order chi connectivity index (χ1) is 17.8. The maximum atomic E-state index is 12.8. The van der Waals surface area contributed by atoms with Crippen molar-refractivity contribution in [1.82, 2.24) is 0 Å². The number of rotatable bonds is 18. The van der Waals surface area contributed by atoms with E-state index in [1.807, 2.05) is 23.9 Å². The zero-order valence-corrected chi connectivity index (χ0v) is 23.4. The van der Waals surface area contributed by atoms with Crippen LogP contribution in [-0.2, 0) is 28.8 Å². The average molecular weight is 538 g/mol. The van der Waals surface area contributed by atoms with Crippen LogP contribution in [0.1, 0.15) is 36.0 Å². The summed E-state index contributed by atoms with van der Waals surface area (Å²) in [5, 5.41) is 0. The molecule has 0 aliphatic rings. The third-order valence-corrected chi connectivity index (χ3v) is 9.13. The van der Waals surface area contributed by atoms with Gasteiger partial charge in [0.15, 0.2) is 4.58 Å². The molecule has 0 heterocycles. The molecule has 5 heteroatoms. The predicted molar refractivity (Wildman–Crippen MR) is 161 cm³/mol. The number of hydrogen-bond donors (Lipinski definition) is 0. The van der Waals surface area contributed by atoms with E-state index in [4.69, 9.17) is 4.74 Å². The third kappa shape index (κ3) is 12.4. The Morgan fingerprint density at radius 3 is 1.69 bits per heavy atom. The van der Waals surface area contributed by atoms with Gasteiger partial charge >= 0.3 is 5.97 Å². The van der Waals surface area contributed by atoms with Gasteiger partial charge in [0.2, 0.25) is 0 Å². The van der Waals surface area contributed by atoms with Crippen LogP contribution in [-0.4, -0.2) is 35.6 Å². The highest BCUT2D eigenvalue weighted by atomic mass is 32.2. The standard InChI is InChI=1S/C31H37O2S3/c32-30(33-22-26-34-23-11-10-19-27-13-4-1-5-14-27)31(36-25-21-29-17-8-3-9-18-29)35-24-12-20-28-15-6-2-7-16-28/h1-9,13-18H,10-12,19-26H2. The van der Waals surface area contributed by atoms with Gasteiger partial charge in [-0.2, -0.15) is 11.8 Å². The van der Waals surface area contributed by atoms with Crippen molar-refractivity contribution in [3.05, 3.63) is 112 Å². The normalized spacial score (nSPS) is 11.0. The molecule has 0 aromatic heterocycles. The Bertz CT molecular complexity index is 951. The molecule has 3 aromatic carbocycles. The number of unbranched alkanes of at least 4 members (excludes halogenated alkanes) is 1. The van der Waals surface area contributed by atoms with Crippen LogP contribution >= 0.6 is 35.3 Å². The Hall–Kier alpha value is -1.82. The van der Waals surface area contributed by atoms with Gasteiger partial charge in [-0.1, -0.05) is 91.0 Å². The largest absolute Gasteiger partial charge is 0.463 e. The van der Waals surface area contributed by atoms with Crippen LogP contribution in [0, 0.1) is 4.58 Å². The molecule has 0 fully saturated rings. The molecule has 0 saturated carbocycles. The van der Waals surface area contributed by atoms with Gasteiger partial charge in [0.25, 0.3) is 0 Å². The summed E-state index contributed by atoms with van der Waals surface area (Å²) in [4.78, 5) is 12.8. The number of esters is 1. The van der Waals surface area contributed by atoms with E-state index in [-0.39, 0.29) is 5.97 Å². The van der Waals surface area contributed by atoms with Crippen molar-refractivity contribution in [2.75, 3.05) is 29.6 Å². The maximum Gasteiger partial charge on any atom is 0.335 e. The van der Waals surface area contributed by atoms with Crippen LogP contribution in [0.15, 0.2) is 91.0 Å². The van der Waals surface area contributed by atoms with E-state index < -0.39 is 0 Å². The molecule has 0 unspecified atom stereocenters. The lowest BCUT2D eigenvalue weighted by Crippen LogP contribution is -2.14. The van der Waals surface area contributed by atoms with Crippen LogP contribution in [0.5, 0.6) is 0 Å². The van der Waals surface area contributed by atoms with Gasteiger partial charge in [-0.15, -0.1) is 23.5 Å². The predicted octanol–water partition coefficient (Wildman–Crippen LogP) is 8.12. The molecule has 0 saturated heterocycles. The Morgan fingerprint density at radius 1 is 0.556 bits per heavy atom. The van der Waals surface area contributed by atoms with E-state index in [1.165, 1.54) is 29.5 Å². The van der Waals surface area contributed by atoms with Crippen molar-refractivity contribution in [3.63, 3.8) is 0 Å². The van der Waals surface area contributed by atoms with Crippen molar-refractivity contribution in [2.45, 2.75) is 38.5 Å². The number of carbonyl (C=O) groups is 1. The quantitative estimate of drug-likeness (QED) is 0.121. The minimum absolute atomic E-state index is 0.151. The Labute approximate surface area is 230 Å². The fourth-order valence-electron chi connectivity index (χ4n) is 3.68. The average Bonchev–Trinajstić information content (AvgIpc) is 2.93. The Kier molecular flexibility index (Phi) is 14.7. The lowest BCUT2D eigenvalue weighted by molar-refractivity contribution is -0.138. The van der Waals surface area contributed by atoms with Crippen molar-refractivity contribution in [2.24, 2.45) is 0 Å². The molecular weight excluding hydrogens is 501 g/mol. The minimum atomic E-state index is -0.151. The maximum absolute atomic E-state index is 12.8. The van der Waals surface area contributed by atoms with Crippen molar-refractivity contribution < 1.29 is 9.53 Å².